The van der Waals surface area contributed by atoms with Crippen LogP contribution >= 0.6 is 11.3 Å². The third-order valence-electron chi connectivity index (χ3n) is 5.06. The molecule has 0 aliphatic carbocycles. The zero-order valence-electron chi connectivity index (χ0n) is 17.0. The van der Waals surface area contributed by atoms with Gasteiger partial charge in [-0.1, -0.05) is 6.07 Å². The smallest absolute Gasteiger partial charge is 0.310 e. The molecular weight excluding hydrogens is 388 g/mol. The summed E-state index contributed by atoms with van der Waals surface area (Å²) in [6.07, 6.45) is 1.71. The normalized spacial score (nSPS) is 17.0. The summed E-state index contributed by atoms with van der Waals surface area (Å²) in [7, 11) is 1.62. The molecule has 2 aromatic rings. The molecule has 7 heteroatoms. The maximum Gasteiger partial charge on any atom is 0.310 e. The Bertz CT molecular complexity index is 792. The lowest BCUT2D eigenvalue weighted by atomic mass is 9.98. The molecule has 6 nitrogen and oxygen atoms in total. The molecule has 0 radical (unpaired) electrons. The Morgan fingerprint density at radius 3 is 2.69 bits per heavy atom. The molecule has 1 aromatic heterocycles. The molecule has 0 spiro atoms. The molecule has 1 aliphatic rings. The van der Waals surface area contributed by atoms with E-state index in [1.807, 2.05) is 48.7 Å². The summed E-state index contributed by atoms with van der Waals surface area (Å²) >= 11 is 1.63. The Morgan fingerprint density at radius 1 is 1.24 bits per heavy atom. The van der Waals surface area contributed by atoms with E-state index < -0.39 is 0 Å². The van der Waals surface area contributed by atoms with Gasteiger partial charge in [-0.2, -0.15) is 0 Å². The number of hydrogen-bond acceptors (Lipinski definition) is 6. The van der Waals surface area contributed by atoms with Crippen molar-refractivity contribution in [2.24, 2.45) is 5.92 Å². The van der Waals surface area contributed by atoms with Crippen LogP contribution < -0.4 is 9.64 Å². The molecule has 0 saturated carbocycles. The highest BCUT2D eigenvalue weighted by Gasteiger charge is 2.29. The Kier molecular flexibility index (Phi) is 7.66. The molecule has 1 aliphatic heterocycles. The Labute approximate surface area is 176 Å². The van der Waals surface area contributed by atoms with Gasteiger partial charge in [-0.05, 0) is 62.0 Å². The average molecular weight is 417 g/mol. The van der Waals surface area contributed by atoms with Crippen molar-refractivity contribution >= 4 is 28.9 Å². The first kappa shape index (κ1) is 21.3. The number of rotatable bonds is 8. The van der Waals surface area contributed by atoms with Crippen LogP contribution in [-0.4, -0.2) is 50.1 Å². The van der Waals surface area contributed by atoms with Crippen LogP contribution in [0, 0.1) is 5.92 Å². The summed E-state index contributed by atoms with van der Waals surface area (Å²) in [6, 6.07) is 11.6. The molecule has 1 aromatic carbocycles. The van der Waals surface area contributed by atoms with Gasteiger partial charge in [0.1, 0.15) is 5.75 Å². The number of carbonyl (C=O) groups is 2. The second kappa shape index (κ2) is 10.4. The number of benzene rings is 1. The number of thiophene rings is 1. The van der Waals surface area contributed by atoms with Gasteiger partial charge in [-0.3, -0.25) is 14.5 Å². The zero-order chi connectivity index (χ0) is 20.6. The van der Waals surface area contributed by atoms with Crippen molar-refractivity contribution in [3.63, 3.8) is 0 Å². The maximum atomic E-state index is 13.2. The van der Waals surface area contributed by atoms with Crippen LogP contribution in [0.4, 0.5) is 5.69 Å². The fourth-order valence-corrected chi connectivity index (χ4v) is 4.26. The molecular formula is C22H28N2O4S. The van der Waals surface area contributed by atoms with Crippen molar-refractivity contribution in [3.05, 3.63) is 46.7 Å². The highest BCUT2D eigenvalue weighted by Crippen LogP contribution is 2.24. The van der Waals surface area contributed by atoms with Crippen LogP contribution in [0.3, 0.4) is 0 Å². The topological polar surface area (TPSA) is 59.1 Å². The van der Waals surface area contributed by atoms with Crippen molar-refractivity contribution in [2.45, 2.75) is 26.3 Å². The zero-order valence-corrected chi connectivity index (χ0v) is 17.8. The lowest BCUT2D eigenvalue weighted by Gasteiger charge is -2.32. The summed E-state index contributed by atoms with van der Waals surface area (Å²) in [5.74, 6) is 0.470. The first-order valence-electron chi connectivity index (χ1n) is 9.96. The maximum absolute atomic E-state index is 13.2. The van der Waals surface area contributed by atoms with Crippen LogP contribution in [0.25, 0.3) is 0 Å². The number of hydrogen-bond donors (Lipinski definition) is 0. The van der Waals surface area contributed by atoms with Crippen LogP contribution in [-0.2, 0) is 20.9 Å². The van der Waals surface area contributed by atoms with E-state index in [1.54, 1.807) is 23.3 Å². The molecule has 0 bridgehead atoms. The molecule has 2 heterocycles. The molecule has 1 atom stereocenters. The number of amides is 1. The molecule has 1 saturated heterocycles. The fraction of sp³-hybridized carbons (Fsp3) is 0.455. The first-order valence-corrected chi connectivity index (χ1v) is 10.8. The van der Waals surface area contributed by atoms with E-state index in [0.717, 1.165) is 35.7 Å². The minimum Gasteiger partial charge on any atom is -0.497 e. The predicted octanol–water partition coefficient (Wildman–Crippen LogP) is 3.57. The van der Waals surface area contributed by atoms with Gasteiger partial charge in [0.2, 0.25) is 5.91 Å². The minimum atomic E-state index is -0.157. The molecule has 156 valence electrons. The Balaban J connectivity index is 1.71. The quantitative estimate of drug-likeness (QED) is 0.616. The summed E-state index contributed by atoms with van der Waals surface area (Å²) in [5.41, 5.74) is 0.836. The third kappa shape index (κ3) is 5.81. The number of piperidine rings is 1. The summed E-state index contributed by atoms with van der Waals surface area (Å²) in [5, 5.41) is 2.01. The van der Waals surface area contributed by atoms with Crippen LogP contribution in [0.1, 0.15) is 24.6 Å². The van der Waals surface area contributed by atoms with Gasteiger partial charge in [0, 0.05) is 17.1 Å². The third-order valence-corrected chi connectivity index (χ3v) is 5.92. The lowest BCUT2D eigenvalue weighted by Crippen LogP contribution is -2.45. The molecule has 1 fully saturated rings. The molecule has 1 amide bonds. The lowest BCUT2D eigenvalue weighted by molar-refractivity contribution is -0.150. The van der Waals surface area contributed by atoms with Gasteiger partial charge in [0.05, 0.1) is 32.7 Å². The van der Waals surface area contributed by atoms with Crippen molar-refractivity contribution in [2.75, 3.05) is 38.3 Å². The second-order valence-corrected chi connectivity index (χ2v) is 8.12. The standard InChI is InChI=1S/C22H28N2O4S/c1-3-28-22(26)17-6-4-12-23(14-17)16-21(25)24(15-20-7-5-13-29-20)18-8-10-19(27-2)11-9-18/h5,7-11,13,17H,3-4,6,12,14-16H2,1-2H3/t17-/m0/s1. The number of likely N-dealkylation sites (tertiary alicyclic amines) is 1. The van der Waals surface area contributed by atoms with E-state index in [-0.39, 0.29) is 24.3 Å². The molecule has 3 rings (SSSR count). The second-order valence-electron chi connectivity index (χ2n) is 7.08. The molecule has 29 heavy (non-hydrogen) atoms. The predicted molar refractivity (Wildman–Crippen MR) is 114 cm³/mol. The van der Waals surface area contributed by atoms with Crippen molar-refractivity contribution in [3.8, 4) is 5.75 Å². The number of carbonyl (C=O) groups excluding carboxylic acids is 2. The summed E-state index contributed by atoms with van der Waals surface area (Å²) in [4.78, 5) is 30.3. The van der Waals surface area contributed by atoms with E-state index in [1.165, 1.54) is 0 Å². The van der Waals surface area contributed by atoms with Gasteiger partial charge in [0.25, 0.3) is 0 Å². The fourth-order valence-electron chi connectivity index (χ4n) is 3.57. The number of nitrogens with zero attached hydrogens (tertiary/aromatic N) is 2. The van der Waals surface area contributed by atoms with E-state index in [0.29, 0.717) is 19.7 Å². The van der Waals surface area contributed by atoms with Crippen LogP contribution in [0.15, 0.2) is 41.8 Å². The summed E-state index contributed by atoms with van der Waals surface area (Å²) in [6.45, 7) is 4.40. The van der Waals surface area contributed by atoms with E-state index in [9.17, 15) is 9.59 Å². The SMILES string of the molecule is CCOC(=O)[C@H]1CCCN(CC(=O)N(Cc2cccs2)c2ccc(OC)cc2)C1. The monoisotopic (exact) mass is 416 g/mol. The van der Waals surface area contributed by atoms with Crippen molar-refractivity contribution < 1.29 is 19.1 Å². The number of ether oxygens (including phenoxy) is 2. The van der Waals surface area contributed by atoms with E-state index in [2.05, 4.69) is 4.90 Å². The van der Waals surface area contributed by atoms with Crippen molar-refractivity contribution in [1.29, 1.82) is 0 Å². The van der Waals surface area contributed by atoms with Gasteiger partial charge in [-0.25, -0.2) is 0 Å². The van der Waals surface area contributed by atoms with Gasteiger partial charge < -0.3 is 14.4 Å². The van der Waals surface area contributed by atoms with Crippen LogP contribution in [0.5, 0.6) is 5.75 Å². The highest BCUT2D eigenvalue weighted by atomic mass is 32.1. The Hall–Kier alpha value is -2.38. The number of esters is 1. The van der Waals surface area contributed by atoms with E-state index >= 15 is 0 Å². The first-order chi connectivity index (χ1) is 14.1. The largest absolute Gasteiger partial charge is 0.497 e. The highest BCUT2D eigenvalue weighted by molar-refractivity contribution is 7.09. The molecule has 0 unspecified atom stereocenters. The molecule has 0 N–H and O–H groups in total. The average Bonchev–Trinajstić information content (AvgIpc) is 3.26. The summed E-state index contributed by atoms with van der Waals surface area (Å²) < 4.78 is 10.4. The Morgan fingerprint density at radius 2 is 2.03 bits per heavy atom. The minimum absolute atomic E-state index is 0.0214. The van der Waals surface area contributed by atoms with Gasteiger partial charge in [-0.15, -0.1) is 11.3 Å². The number of methoxy groups -OCH3 is 1. The van der Waals surface area contributed by atoms with E-state index in [4.69, 9.17) is 9.47 Å². The van der Waals surface area contributed by atoms with Crippen LogP contribution in [0.2, 0.25) is 0 Å². The van der Waals surface area contributed by atoms with Gasteiger partial charge >= 0.3 is 5.97 Å². The number of anilines is 1. The van der Waals surface area contributed by atoms with Gasteiger partial charge in [0.15, 0.2) is 0 Å². The van der Waals surface area contributed by atoms with Crippen molar-refractivity contribution in [1.82, 2.24) is 4.90 Å².